The van der Waals surface area contributed by atoms with Crippen LogP contribution in [-0.4, -0.2) is 30.0 Å². The number of carbonyl (C=O) groups is 2. The van der Waals surface area contributed by atoms with Crippen molar-refractivity contribution < 1.29 is 14.7 Å². The van der Waals surface area contributed by atoms with Crippen molar-refractivity contribution in [2.45, 2.75) is 6.92 Å². The molecular weight excluding hydrogens is 258 g/mol. The number of aromatic hydroxyl groups is 1. The molecule has 0 aromatic heterocycles. The molecule has 0 spiro atoms. The van der Waals surface area contributed by atoms with Crippen LogP contribution in [0.3, 0.4) is 0 Å². The molecule has 100 valence electrons. The van der Waals surface area contributed by atoms with Crippen LogP contribution in [0.15, 0.2) is 18.2 Å². The summed E-state index contributed by atoms with van der Waals surface area (Å²) in [7, 11) is 0. The lowest BCUT2D eigenvalue weighted by Crippen LogP contribution is -2.36. The molecule has 0 aliphatic rings. The van der Waals surface area contributed by atoms with E-state index in [2.05, 4.69) is 10.6 Å². The van der Waals surface area contributed by atoms with Crippen molar-refractivity contribution in [2.24, 2.45) is 5.73 Å². The van der Waals surface area contributed by atoms with Gasteiger partial charge in [-0.3, -0.25) is 9.59 Å². The largest absolute Gasteiger partial charge is 0.506 e. The van der Waals surface area contributed by atoms with Gasteiger partial charge in [0.25, 0.3) is 0 Å². The molecule has 0 saturated carbocycles. The molecule has 0 saturated heterocycles. The van der Waals surface area contributed by atoms with E-state index >= 15 is 0 Å². The number of amides is 2. The number of nitrogens with one attached hydrogen (secondary N) is 2. The zero-order valence-electron chi connectivity index (χ0n) is 9.90. The van der Waals surface area contributed by atoms with Crippen LogP contribution in [0.4, 0.5) is 5.69 Å². The number of phenols is 1. The van der Waals surface area contributed by atoms with Crippen molar-refractivity contribution in [2.75, 3.05) is 18.4 Å². The van der Waals surface area contributed by atoms with E-state index in [1.165, 1.54) is 6.07 Å². The van der Waals surface area contributed by atoms with Crippen molar-refractivity contribution in [3.8, 4) is 5.75 Å². The topological polar surface area (TPSA) is 104 Å². The van der Waals surface area contributed by atoms with Crippen LogP contribution < -0.4 is 16.4 Å². The maximum Gasteiger partial charge on any atom is 0.243 e. The van der Waals surface area contributed by atoms with E-state index in [1.807, 2.05) is 6.92 Å². The van der Waals surface area contributed by atoms with Crippen molar-refractivity contribution >= 4 is 29.9 Å². The highest BCUT2D eigenvalue weighted by molar-refractivity contribution is 5.95. The summed E-state index contributed by atoms with van der Waals surface area (Å²) in [5.74, 6) is -0.851. The first-order chi connectivity index (χ1) is 8.02. The molecule has 0 atom stereocenters. The monoisotopic (exact) mass is 273 g/mol. The highest BCUT2D eigenvalue weighted by atomic mass is 35.5. The Morgan fingerprint density at radius 2 is 2.00 bits per heavy atom. The summed E-state index contributed by atoms with van der Waals surface area (Å²) in [6, 6.07) is 4.85. The van der Waals surface area contributed by atoms with E-state index in [-0.39, 0.29) is 31.2 Å². The van der Waals surface area contributed by atoms with E-state index in [0.717, 1.165) is 5.56 Å². The quantitative estimate of drug-likeness (QED) is 0.586. The number of hydrogen-bond donors (Lipinski definition) is 4. The molecule has 6 nitrogen and oxygen atoms in total. The molecular formula is C11H16ClN3O3. The predicted octanol–water partition coefficient (Wildman–Crippen LogP) is 0.136. The zero-order chi connectivity index (χ0) is 12.8. The first-order valence-electron chi connectivity index (χ1n) is 5.09. The first-order valence-corrected chi connectivity index (χ1v) is 5.09. The van der Waals surface area contributed by atoms with Crippen LogP contribution in [0.5, 0.6) is 5.75 Å². The number of anilines is 1. The Bertz CT molecular complexity index is 438. The summed E-state index contributed by atoms with van der Waals surface area (Å²) in [6.07, 6.45) is 0. The van der Waals surface area contributed by atoms with Gasteiger partial charge in [-0.2, -0.15) is 0 Å². The smallest absolute Gasteiger partial charge is 0.243 e. The number of aryl methyl sites for hydroxylation is 1. The van der Waals surface area contributed by atoms with Crippen LogP contribution in [0.2, 0.25) is 0 Å². The predicted molar refractivity (Wildman–Crippen MR) is 70.8 cm³/mol. The molecule has 0 fully saturated rings. The summed E-state index contributed by atoms with van der Waals surface area (Å²) in [4.78, 5) is 22.2. The minimum atomic E-state index is -0.423. The summed E-state index contributed by atoms with van der Waals surface area (Å²) in [5, 5.41) is 14.3. The van der Waals surface area contributed by atoms with E-state index in [1.54, 1.807) is 12.1 Å². The Hall–Kier alpha value is -1.79. The molecule has 7 heteroatoms. The number of halogens is 1. The number of nitrogens with two attached hydrogens (primary N) is 1. The molecule has 0 radical (unpaired) electrons. The number of rotatable bonds is 4. The summed E-state index contributed by atoms with van der Waals surface area (Å²) in [6.45, 7) is 1.50. The van der Waals surface area contributed by atoms with Crippen molar-refractivity contribution in [3.63, 3.8) is 0 Å². The maximum absolute atomic E-state index is 11.4. The number of phenolic OH excluding ortho intramolecular Hbond substituents is 1. The number of benzene rings is 1. The Morgan fingerprint density at radius 1 is 1.33 bits per heavy atom. The third-order valence-electron chi connectivity index (χ3n) is 2.06. The third kappa shape index (κ3) is 5.03. The fourth-order valence-corrected chi connectivity index (χ4v) is 1.20. The molecule has 5 N–H and O–H groups in total. The minimum absolute atomic E-state index is 0. The summed E-state index contributed by atoms with van der Waals surface area (Å²) < 4.78 is 0. The lowest BCUT2D eigenvalue weighted by molar-refractivity contribution is -0.123. The van der Waals surface area contributed by atoms with Crippen molar-refractivity contribution in [1.29, 1.82) is 0 Å². The van der Waals surface area contributed by atoms with Gasteiger partial charge in [0.15, 0.2) is 0 Å². The average molecular weight is 274 g/mol. The Labute approximate surface area is 111 Å². The van der Waals surface area contributed by atoms with Crippen LogP contribution in [0, 0.1) is 6.92 Å². The normalized spacial score (nSPS) is 9.22. The lowest BCUT2D eigenvalue weighted by atomic mass is 10.2. The van der Waals surface area contributed by atoms with Crippen molar-refractivity contribution in [1.82, 2.24) is 5.32 Å². The van der Waals surface area contributed by atoms with E-state index in [4.69, 9.17) is 5.73 Å². The van der Waals surface area contributed by atoms with Gasteiger partial charge in [-0.15, -0.1) is 12.4 Å². The standard InChI is InChI=1S/C11H15N3O3.ClH/c1-7-2-3-9(15)8(4-7)14-11(17)6-13-10(16)5-12;/h2-4,15H,5-6,12H2,1H3,(H,13,16)(H,14,17);1H. The molecule has 1 rings (SSSR count). The molecule has 2 amide bonds. The fraction of sp³-hybridized carbons (Fsp3) is 0.273. The Kier molecular flexibility index (Phi) is 6.77. The molecule has 18 heavy (non-hydrogen) atoms. The van der Waals surface area contributed by atoms with Gasteiger partial charge in [-0.05, 0) is 24.6 Å². The molecule has 0 bridgehead atoms. The van der Waals surface area contributed by atoms with Crippen LogP contribution >= 0.6 is 12.4 Å². The number of carbonyl (C=O) groups excluding carboxylic acids is 2. The summed E-state index contributed by atoms with van der Waals surface area (Å²) in [5.41, 5.74) is 6.29. The van der Waals surface area contributed by atoms with E-state index in [0.29, 0.717) is 5.69 Å². The Morgan fingerprint density at radius 3 is 2.61 bits per heavy atom. The molecule has 0 unspecified atom stereocenters. The molecule has 1 aromatic carbocycles. The molecule has 0 aliphatic heterocycles. The van der Waals surface area contributed by atoms with Crippen LogP contribution in [-0.2, 0) is 9.59 Å². The molecule has 0 aliphatic carbocycles. The van der Waals surface area contributed by atoms with Gasteiger partial charge in [0.05, 0.1) is 18.8 Å². The summed E-state index contributed by atoms with van der Waals surface area (Å²) >= 11 is 0. The van der Waals surface area contributed by atoms with Crippen molar-refractivity contribution in [3.05, 3.63) is 23.8 Å². The number of hydrogen-bond acceptors (Lipinski definition) is 4. The second-order valence-electron chi connectivity index (χ2n) is 3.55. The fourth-order valence-electron chi connectivity index (χ4n) is 1.20. The zero-order valence-corrected chi connectivity index (χ0v) is 10.7. The third-order valence-corrected chi connectivity index (χ3v) is 2.06. The average Bonchev–Trinajstić information content (AvgIpc) is 2.30. The van der Waals surface area contributed by atoms with Gasteiger partial charge in [0.2, 0.25) is 11.8 Å². The van der Waals surface area contributed by atoms with Gasteiger partial charge in [0.1, 0.15) is 5.75 Å². The molecule has 0 heterocycles. The van der Waals surface area contributed by atoms with Gasteiger partial charge < -0.3 is 21.5 Å². The van der Waals surface area contributed by atoms with Gasteiger partial charge in [-0.25, -0.2) is 0 Å². The molecule has 1 aromatic rings. The van der Waals surface area contributed by atoms with Crippen LogP contribution in [0.1, 0.15) is 5.56 Å². The second kappa shape index (κ2) is 7.52. The van der Waals surface area contributed by atoms with E-state index < -0.39 is 11.8 Å². The Balaban J connectivity index is 0.00000289. The second-order valence-corrected chi connectivity index (χ2v) is 3.55. The highest BCUT2D eigenvalue weighted by Gasteiger charge is 2.07. The van der Waals surface area contributed by atoms with E-state index in [9.17, 15) is 14.7 Å². The highest BCUT2D eigenvalue weighted by Crippen LogP contribution is 2.23. The maximum atomic E-state index is 11.4. The van der Waals surface area contributed by atoms with Crippen LogP contribution in [0.25, 0.3) is 0 Å². The van der Waals surface area contributed by atoms with Gasteiger partial charge in [-0.1, -0.05) is 6.07 Å². The van der Waals surface area contributed by atoms with Gasteiger partial charge in [0, 0.05) is 0 Å². The minimum Gasteiger partial charge on any atom is -0.506 e. The van der Waals surface area contributed by atoms with Gasteiger partial charge >= 0.3 is 0 Å². The first kappa shape index (κ1) is 16.2. The SMILES string of the molecule is Cc1ccc(O)c(NC(=O)CNC(=O)CN)c1.Cl. The lowest BCUT2D eigenvalue weighted by Gasteiger charge is -2.08.